The fraction of sp³-hybridized carbons (Fsp3) is 0.571. The largest absolute Gasteiger partial charge is 0.399 e. The molecule has 0 aromatic heterocycles. The second-order valence-electron chi connectivity index (χ2n) is 5.30. The van der Waals surface area contributed by atoms with Gasteiger partial charge >= 0.3 is 0 Å². The molecule has 1 heterocycles. The number of nitrogens with zero attached hydrogens (tertiary/aromatic N) is 1. The number of nitrogen functional groups attached to an aromatic ring is 1. The summed E-state index contributed by atoms with van der Waals surface area (Å²) in [5, 5.41) is 0.802. The van der Waals surface area contributed by atoms with E-state index < -0.39 is 0 Å². The third kappa shape index (κ3) is 1.99. The van der Waals surface area contributed by atoms with E-state index >= 15 is 0 Å². The minimum atomic E-state index is 0.713. The molecule has 1 saturated heterocycles. The van der Waals surface area contributed by atoms with Gasteiger partial charge in [0.1, 0.15) is 0 Å². The molecule has 3 rings (SSSR count). The van der Waals surface area contributed by atoms with Gasteiger partial charge in [-0.3, -0.25) is 0 Å². The summed E-state index contributed by atoms with van der Waals surface area (Å²) < 4.78 is 0. The molecule has 2 fully saturated rings. The standard InChI is InChI=1S/C14H19ClN2/c15-12-9-11(16)5-6-14(12)17-8-7-10-3-1-2-4-13(10)17/h5-6,9-10,13H,1-4,7-8,16H2. The van der Waals surface area contributed by atoms with Crippen molar-refractivity contribution < 1.29 is 0 Å². The number of hydrogen-bond donors (Lipinski definition) is 1. The minimum Gasteiger partial charge on any atom is -0.399 e. The van der Waals surface area contributed by atoms with Gasteiger partial charge in [-0.05, 0) is 43.4 Å². The van der Waals surface area contributed by atoms with Crippen LogP contribution in [0.3, 0.4) is 0 Å². The van der Waals surface area contributed by atoms with Crippen LogP contribution >= 0.6 is 11.6 Å². The van der Waals surface area contributed by atoms with Crippen LogP contribution in [0.1, 0.15) is 32.1 Å². The number of nitrogens with two attached hydrogens (primary N) is 1. The number of halogens is 1. The molecule has 92 valence electrons. The quantitative estimate of drug-likeness (QED) is 0.771. The Morgan fingerprint density at radius 2 is 2.00 bits per heavy atom. The lowest BCUT2D eigenvalue weighted by molar-refractivity contribution is 0.342. The molecule has 2 N–H and O–H groups in total. The van der Waals surface area contributed by atoms with Gasteiger partial charge in [0.15, 0.2) is 0 Å². The molecule has 1 aliphatic heterocycles. The first-order valence-electron chi connectivity index (χ1n) is 6.57. The summed E-state index contributed by atoms with van der Waals surface area (Å²) in [5.41, 5.74) is 7.68. The van der Waals surface area contributed by atoms with Crippen LogP contribution in [0.15, 0.2) is 18.2 Å². The Kier molecular flexibility index (Phi) is 2.91. The fourth-order valence-electron chi connectivity index (χ4n) is 3.46. The summed E-state index contributed by atoms with van der Waals surface area (Å²) in [5.74, 6) is 0.886. The van der Waals surface area contributed by atoms with Crippen LogP contribution in [0, 0.1) is 5.92 Å². The lowest BCUT2D eigenvalue weighted by Crippen LogP contribution is -2.34. The van der Waals surface area contributed by atoms with E-state index in [1.165, 1.54) is 37.8 Å². The summed E-state index contributed by atoms with van der Waals surface area (Å²) >= 11 is 6.32. The summed E-state index contributed by atoms with van der Waals surface area (Å²) in [6.07, 6.45) is 6.82. The second-order valence-corrected chi connectivity index (χ2v) is 5.71. The van der Waals surface area contributed by atoms with Crippen LogP contribution in [0.5, 0.6) is 0 Å². The molecule has 2 unspecified atom stereocenters. The first-order valence-corrected chi connectivity index (χ1v) is 6.95. The molecule has 1 aromatic carbocycles. The Labute approximate surface area is 108 Å². The Morgan fingerprint density at radius 1 is 1.18 bits per heavy atom. The molecule has 0 amide bonds. The van der Waals surface area contributed by atoms with E-state index in [0.29, 0.717) is 6.04 Å². The Morgan fingerprint density at radius 3 is 2.82 bits per heavy atom. The van der Waals surface area contributed by atoms with Crippen molar-refractivity contribution in [3.8, 4) is 0 Å². The van der Waals surface area contributed by atoms with Gasteiger partial charge in [-0.1, -0.05) is 24.4 Å². The van der Waals surface area contributed by atoms with Gasteiger partial charge in [0.2, 0.25) is 0 Å². The summed E-state index contributed by atoms with van der Waals surface area (Å²) in [6, 6.07) is 6.61. The summed E-state index contributed by atoms with van der Waals surface area (Å²) in [7, 11) is 0. The molecule has 3 heteroatoms. The average molecular weight is 251 g/mol. The highest BCUT2D eigenvalue weighted by Crippen LogP contribution is 2.41. The highest BCUT2D eigenvalue weighted by molar-refractivity contribution is 6.33. The monoisotopic (exact) mass is 250 g/mol. The molecule has 0 radical (unpaired) electrons. The Bertz CT molecular complexity index is 419. The zero-order valence-electron chi connectivity index (χ0n) is 10.0. The predicted molar refractivity (Wildman–Crippen MR) is 73.6 cm³/mol. The fourth-order valence-corrected chi connectivity index (χ4v) is 3.76. The predicted octanol–water partition coefficient (Wildman–Crippen LogP) is 3.69. The first-order chi connectivity index (χ1) is 8.25. The number of anilines is 2. The second kappa shape index (κ2) is 4.41. The van der Waals surface area contributed by atoms with Crippen molar-refractivity contribution >= 4 is 23.0 Å². The van der Waals surface area contributed by atoms with Gasteiger partial charge in [-0.2, -0.15) is 0 Å². The van der Waals surface area contributed by atoms with Crippen molar-refractivity contribution in [3.05, 3.63) is 23.2 Å². The molecule has 1 saturated carbocycles. The van der Waals surface area contributed by atoms with Crippen LogP contribution in [0.4, 0.5) is 11.4 Å². The molecular formula is C14H19ClN2. The molecule has 2 atom stereocenters. The molecule has 0 spiro atoms. The van der Waals surface area contributed by atoms with Crippen molar-refractivity contribution in [3.63, 3.8) is 0 Å². The van der Waals surface area contributed by atoms with Crippen molar-refractivity contribution in [2.24, 2.45) is 5.92 Å². The molecule has 1 aliphatic carbocycles. The smallest absolute Gasteiger partial charge is 0.0660 e. The lowest BCUT2D eigenvalue weighted by Gasteiger charge is -2.33. The maximum Gasteiger partial charge on any atom is 0.0660 e. The van der Waals surface area contributed by atoms with Crippen LogP contribution < -0.4 is 10.6 Å². The van der Waals surface area contributed by atoms with Crippen molar-refractivity contribution in [2.45, 2.75) is 38.1 Å². The maximum atomic E-state index is 6.32. The highest BCUT2D eigenvalue weighted by Gasteiger charge is 2.36. The number of rotatable bonds is 1. The molecule has 17 heavy (non-hydrogen) atoms. The van der Waals surface area contributed by atoms with Gasteiger partial charge < -0.3 is 10.6 Å². The average Bonchev–Trinajstić information content (AvgIpc) is 2.73. The van der Waals surface area contributed by atoms with Crippen molar-refractivity contribution in [1.29, 1.82) is 0 Å². The van der Waals surface area contributed by atoms with Gasteiger partial charge in [-0.25, -0.2) is 0 Å². The molecule has 2 nitrogen and oxygen atoms in total. The van der Waals surface area contributed by atoms with Crippen LogP contribution in [-0.4, -0.2) is 12.6 Å². The van der Waals surface area contributed by atoms with E-state index in [0.717, 1.165) is 23.2 Å². The van der Waals surface area contributed by atoms with E-state index in [9.17, 15) is 0 Å². The first kappa shape index (κ1) is 11.2. The SMILES string of the molecule is Nc1ccc(N2CCC3CCCCC32)c(Cl)c1. The van der Waals surface area contributed by atoms with Gasteiger partial charge in [0, 0.05) is 18.3 Å². The van der Waals surface area contributed by atoms with E-state index in [-0.39, 0.29) is 0 Å². The van der Waals surface area contributed by atoms with Crippen molar-refractivity contribution in [2.75, 3.05) is 17.2 Å². The highest BCUT2D eigenvalue weighted by atomic mass is 35.5. The van der Waals surface area contributed by atoms with E-state index in [4.69, 9.17) is 17.3 Å². The van der Waals surface area contributed by atoms with E-state index in [1.807, 2.05) is 12.1 Å². The van der Waals surface area contributed by atoms with Gasteiger partial charge in [0.25, 0.3) is 0 Å². The Balaban J connectivity index is 1.88. The van der Waals surface area contributed by atoms with E-state index in [1.54, 1.807) is 0 Å². The van der Waals surface area contributed by atoms with Crippen LogP contribution in [0.2, 0.25) is 5.02 Å². The van der Waals surface area contributed by atoms with Crippen molar-refractivity contribution in [1.82, 2.24) is 0 Å². The zero-order chi connectivity index (χ0) is 11.8. The summed E-state index contributed by atoms with van der Waals surface area (Å²) in [4.78, 5) is 2.51. The molecular weight excluding hydrogens is 232 g/mol. The molecule has 0 bridgehead atoms. The van der Waals surface area contributed by atoms with Gasteiger partial charge in [0.05, 0.1) is 10.7 Å². The topological polar surface area (TPSA) is 29.3 Å². The maximum absolute atomic E-state index is 6.32. The third-order valence-corrected chi connectivity index (χ3v) is 4.59. The van der Waals surface area contributed by atoms with Gasteiger partial charge in [-0.15, -0.1) is 0 Å². The zero-order valence-corrected chi connectivity index (χ0v) is 10.8. The third-order valence-electron chi connectivity index (χ3n) is 4.29. The molecule has 1 aromatic rings. The minimum absolute atomic E-state index is 0.713. The lowest BCUT2D eigenvalue weighted by atomic mass is 9.85. The Hall–Kier alpha value is -0.890. The van der Waals surface area contributed by atoms with Crippen LogP contribution in [0.25, 0.3) is 0 Å². The normalized spacial score (nSPS) is 28.2. The number of hydrogen-bond acceptors (Lipinski definition) is 2. The van der Waals surface area contributed by atoms with E-state index in [2.05, 4.69) is 11.0 Å². The number of benzene rings is 1. The molecule has 2 aliphatic rings. The van der Waals surface area contributed by atoms with Crippen LogP contribution in [-0.2, 0) is 0 Å². The summed E-state index contributed by atoms with van der Waals surface area (Å²) in [6.45, 7) is 1.15. The number of fused-ring (bicyclic) bond motifs is 1.